The molecule has 2 aliphatic rings. The van der Waals surface area contributed by atoms with Crippen molar-refractivity contribution in [1.29, 1.82) is 0 Å². The maximum Gasteiger partial charge on any atom is 0.340 e. The summed E-state index contributed by atoms with van der Waals surface area (Å²) in [6.45, 7) is 2.75. The molecule has 4 N–H and O–H groups in total. The van der Waals surface area contributed by atoms with E-state index in [2.05, 4.69) is 4.98 Å². The average Bonchev–Trinajstić information content (AvgIpc) is 2.97. The van der Waals surface area contributed by atoms with E-state index in [1.807, 2.05) is 0 Å². The molecule has 2 saturated heterocycles. The number of hydrogen-bond donors (Lipinski definition) is 3. The fourth-order valence-corrected chi connectivity index (χ4v) is 5.66. The standard InChI is InChI=1S/C13H21N3O10P2.Ac/c1-13(2)25-9-7(5-23-28(21,22)6-27(18,19)20)24-11(10(9)26-13)16-4-3-8(14)15-12(16)17;/h3-4,7,9-11H,5-6H2,1-2H3,(H5,14,15,17,18,19,20,21,22);/p-1. The van der Waals surface area contributed by atoms with Crippen LogP contribution in [0.25, 0.3) is 5.73 Å². The second kappa shape index (κ2) is 9.04. The Bertz CT molecular complexity index is 905. The zero-order valence-electron chi connectivity index (χ0n) is 15.4. The molecular formula is C13H20AcN3O10P2-. The Balaban J connectivity index is 0.00000300. The summed E-state index contributed by atoms with van der Waals surface area (Å²) in [6, 6.07) is 1.28. The van der Waals surface area contributed by atoms with Gasteiger partial charge >= 0.3 is 15.2 Å². The first kappa shape index (κ1) is 25.6. The van der Waals surface area contributed by atoms with Gasteiger partial charge < -0.3 is 44.1 Å². The van der Waals surface area contributed by atoms with Crippen LogP contribution < -0.4 is 5.69 Å². The van der Waals surface area contributed by atoms with E-state index in [0.29, 0.717) is 0 Å². The van der Waals surface area contributed by atoms with E-state index in [4.69, 9.17) is 34.3 Å². The zero-order chi connectivity index (χ0) is 20.9. The van der Waals surface area contributed by atoms with Gasteiger partial charge in [0, 0.05) is 50.3 Å². The van der Waals surface area contributed by atoms with Gasteiger partial charge in [-0.3, -0.25) is 18.5 Å². The van der Waals surface area contributed by atoms with Gasteiger partial charge in [-0.05, 0) is 19.9 Å². The first-order chi connectivity index (χ1) is 12.8. The van der Waals surface area contributed by atoms with E-state index < -0.39 is 63.7 Å². The minimum Gasteiger partial charge on any atom is -0.482 e. The molecular weight excluding hydrogens is 647 g/mol. The number of fused-ring (bicyclic) bond motifs is 1. The number of nitrogens with one attached hydrogen (secondary N) is 1. The second-order valence-electron chi connectivity index (χ2n) is 6.87. The third-order valence-electron chi connectivity index (χ3n) is 4.03. The van der Waals surface area contributed by atoms with E-state index in [0.717, 1.165) is 4.57 Å². The van der Waals surface area contributed by atoms with E-state index in [1.165, 1.54) is 12.3 Å². The second-order valence-corrected chi connectivity index (χ2v) is 10.9. The molecule has 1 aromatic rings. The molecule has 29 heavy (non-hydrogen) atoms. The molecule has 0 bridgehead atoms. The van der Waals surface area contributed by atoms with Crippen molar-refractivity contribution in [2.24, 2.45) is 0 Å². The molecule has 13 nitrogen and oxygen atoms in total. The molecule has 5 unspecified atom stereocenters. The van der Waals surface area contributed by atoms with Gasteiger partial charge in [0.2, 0.25) is 5.69 Å². The van der Waals surface area contributed by atoms with Gasteiger partial charge in [-0.2, -0.15) is 0 Å². The normalized spacial score (nSPS) is 30.4. The Hall–Kier alpha value is 0.302. The van der Waals surface area contributed by atoms with Gasteiger partial charge in [-0.25, -0.2) is 0 Å². The topological polar surface area (TPSA) is 190 Å². The van der Waals surface area contributed by atoms with Crippen LogP contribution >= 0.6 is 15.2 Å². The fraction of sp³-hybridized carbons (Fsp3) is 0.692. The SMILES string of the molecule is CC1(C)OC2C(COP(=O)(O)CP(=O)(O)O)OC(n3ccc([NH-])nc3=O)C2O1.[Ac]. The third-order valence-corrected chi connectivity index (χ3v) is 7.49. The molecule has 1 radical (unpaired) electrons. The Morgan fingerprint density at radius 3 is 2.48 bits per heavy atom. The van der Waals surface area contributed by atoms with Crippen LogP contribution in [0.4, 0.5) is 5.82 Å². The predicted molar refractivity (Wildman–Crippen MR) is 92.9 cm³/mol. The number of aromatic nitrogens is 2. The smallest absolute Gasteiger partial charge is 0.340 e. The summed E-state index contributed by atoms with van der Waals surface area (Å²) in [5.41, 5.74) is 6.65. The summed E-state index contributed by atoms with van der Waals surface area (Å²) in [6.07, 6.45) is -2.21. The summed E-state index contributed by atoms with van der Waals surface area (Å²) in [5, 5.41) is 0. The largest absolute Gasteiger partial charge is 0.482 e. The van der Waals surface area contributed by atoms with Gasteiger partial charge in [0.1, 0.15) is 18.3 Å². The van der Waals surface area contributed by atoms with Crippen molar-refractivity contribution in [2.75, 3.05) is 12.5 Å². The van der Waals surface area contributed by atoms with E-state index in [9.17, 15) is 18.8 Å². The van der Waals surface area contributed by atoms with Crippen LogP contribution in [0.15, 0.2) is 17.1 Å². The van der Waals surface area contributed by atoms with E-state index >= 15 is 0 Å². The number of rotatable bonds is 6. The van der Waals surface area contributed by atoms with Crippen LogP contribution in [0.5, 0.6) is 0 Å². The van der Waals surface area contributed by atoms with Crippen molar-refractivity contribution in [3.8, 4) is 0 Å². The Labute approximate surface area is 201 Å². The molecule has 16 heteroatoms. The minimum atomic E-state index is -4.77. The third kappa shape index (κ3) is 6.40. The number of hydrogen-bond acceptors (Lipinski definition) is 8. The molecule has 2 aliphatic heterocycles. The molecule has 3 rings (SSSR count). The fourth-order valence-electron chi connectivity index (χ4n) is 3.09. The van der Waals surface area contributed by atoms with Crippen molar-refractivity contribution in [3.63, 3.8) is 0 Å². The van der Waals surface area contributed by atoms with Crippen LogP contribution in [0, 0.1) is 44.1 Å². The van der Waals surface area contributed by atoms with E-state index in [1.54, 1.807) is 13.8 Å². The predicted octanol–water partition coefficient (Wildman–Crippen LogP) is 0.682. The van der Waals surface area contributed by atoms with E-state index in [-0.39, 0.29) is 49.9 Å². The summed E-state index contributed by atoms with van der Waals surface area (Å²) in [5.74, 6) is -2.59. The van der Waals surface area contributed by atoms with Crippen molar-refractivity contribution >= 4 is 21.0 Å². The minimum absolute atomic E-state index is 0. The molecule has 0 aromatic carbocycles. The molecule has 161 valence electrons. The van der Waals surface area contributed by atoms with Gasteiger partial charge in [0.05, 0.1) is 6.61 Å². The quantitative estimate of drug-likeness (QED) is 0.362. The van der Waals surface area contributed by atoms with Gasteiger partial charge in [0.25, 0.3) is 0 Å². The van der Waals surface area contributed by atoms with Crippen molar-refractivity contribution in [2.45, 2.75) is 44.2 Å². The average molecular weight is 667 g/mol. The molecule has 0 saturated carbocycles. The summed E-state index contributed by atoms with van der Waals surface area (Å²) in [7, 11) is -9.36. The zero-order valence-corrected chi connectivity index (χ0v) is 22.0. The Morgan fingerprint density at radius 2 is 1.90 bits per heavy atom. The molecule has 0 spiro atoms. The van der Waals surface area contributed by atoms with Crippen LogP contribution in [-0.2, 0) is 27.9 Å². The van der Waals surface area contributed by atoms with Gasteiger partial charge in [-0.1, -0.05) is 5.82 Å². The molecule has 0 aliphatic carbocycles. The van der Waals surface area contributed by atoms with Crippen LogP contribution in [0.3, 0.4) is 0 Å². The summed E-state index contributed by atoms with van der Waals surface area (Å²) >= 11 is 0. The maximum atomic E-state index is 12.1. The number of nitrogens with zero attached hydrogens (tertiary/aromatic N) is 2. The maximum absolute atomic E-state index is 12.1. The Morgan fingerprint density at radius 1 is 1.28 bits per heavy atom. The van der Waals surface area contributed by atoms with Crippen molar-refractivity contribution < 1.29 is 86.6 Å². The summed E-state index contributed by atoms with van der Waals surface area (Å²) < 4.78 is 46.0. The monoisotopic (exact) mass is 667 g/mol. The first-order valence-corrected chi connectivity index (χ1v) is 11.7. The molecule has 2 fully saturated rings. The van der Waals surface area contributed by atoms with Gasteiger partial charge in [0.15, 0.2) is 17.9 Å². The first-order valence-electron chi connectivity index (χ1n) is 8.09. The van der Waals surface area contributed by atoms with Gasteiger partial charge in [-0.15, -0.1) is 0 Å². The molecule has 1 aromatic heterocycles. The van der Waals surface area contributed by atoms with Crippen molar-refractivity contribution in [3.05, 3.63) is 28.5 Å². The number of ether oxygens (including phenoxy) is 3. The summed E-state index contributed by atoms with van der Waals surface area (Å²) in [4.78, 5) is 43.0. The van der Waals surface area contributed by atoms with Crippen LogP contribution in [0.1, 0.15) is 20.1 Å². The molecule has 0 amide bonds. The molecule has 3 heterocycles. The van der Waals surface area contributed by atoms with Crippen molar-refractivity contribution in [1.82, 2.24) is 9.55 Å². The van der Waals surface area contributed by atoms with Crippen LogP contribution in [-0.4, -0.2) is 60.8 Å². The molecule has 5 atom stereocenters. The Kier molecular flexibility index (Phi) is 7.97. The van der Waals surface area contributed by atoms with Crippen LogP contribution in [0.2, 0.25) is 0 Å².